The first-order valence-electron chi connectivity index (χ1n) is 12.6. The van der Waals surface area contributed by atoms with E-state index in [0.29, 0.717) is 26.4 Å². The van der Waals surface area contributed by atoms with Crippen LogP contribution in [0.5, 0.6) is 0 Å². The van der Waals surface area contributed by atoms with Crippen LogP contribution in [0.15, 0.2) is 103 Å². The predicted octanol–water partition coefficient (Wildman–Crippen LogP) is 6.08. The van der Waals surface area contributed by atoms with Crippen molar-refractivity contribution in [2.24, 2.45) is 0 Å². The van der Waals surface area contributed by atoms with Crippen molar-refractivity contribution in [2.75, 3.05) is 13.7 Å². The van der Waals surface area contributed by atoms with Crippen LogP contribution in [-0.4, -0.2) is 38.1 Å². The Bertz CT molecular complexity index is 1040. The van der Waals surface area contributed by atoms with Gasteiger partial charge in [-0.2, -0.15) is 0 Å². The van der Waals surface area contributed by atoms with E-state index in [-0.39, 0.29) is 18.3 Å². The Kier molecular flexibility index (Phi) is 10.1. The van der Waals surface area contributed by atoms with Gasteiger partial charge in [-0.05, 0) is 29.2 Å². The van der Waals surface area contributed by atoms with Gasteiger partial charge in [-0.15, -0.1) is 0 Å². The minimum absolute atomic E-state index is 0.325. The highest BCUT2D eigenvalue weighted by Crippen LogP contribution is 2.33. The molecule has 1 aliphatic heterocycles. The SMILES string of the molecule is CC/C=C1\O[C@H](COC)[C@@H](OCc2ccccc2)[C@H](OCc2ccccc2)[C@@H]1OCc1ccccc1. The monoisotopic (exact) mass is 488 g/mol. The van der Waals surface area contributed by atoms with E-state index in [9.17, 15) is 0 Å². The normalized spacial score (nSPS) is 22.9. The Morgan fingerprint density at radius 3 is 1.61 bits per heavy atom. The Labute approximate surface area is 214 Å². The third kappa shape index (κ3) is 7.28. The molecule has 0 unspecified atom stereocenters. The van der Waals surface area contributed by atoms with Crippen molar-refractivity contribution in [3.8, 4) is 0 Å². The summed E-state index contributed by atoms with van der Waals surface area (Å²) in [5.41, 5.74) is 3.28. The van der Waals surface area contributed by atoms with Crippen LogP contribution >= 0.6 is 0 Å². The molecule has 0 bridgehead atoms. The lowest BCUT2D eigenvalue weighted by atomic mass is 9.96. The summed E-state index contributed by atoms with van der Waals surface area (Å²) in [5, 5.41) is 0. The zero-order chi connectivity index (χ0) is 25.0. The van der Waals surface area contributed by atoms with Crippen molar-refractivity contribution in [2.45, 2.75) is 57.6 Å². The van der Waals surface area contributed by atoms with Crippen LogP contribution < -0.4 is 0 Å². The lowest BCUT2D eigenvalue weighted by molar-refractivity contribution is -0.221. The van der Waals surface area contributed by atoms with E-state index in [2.05, 4.69) is 49.4 Å². The maximum absolute atomic E-state index is 6.60. The molecule has 0 saturated carbocycles. The summed E-state index contributed by atoms with van der Waals surface area (Å²) in [5.74, 6) is 0.771. The fraction of sp³-hybridized carbons (Fsp3) is 0.355. The highest BCUT2D eigenvalue weighted by molar-refractivity contribution is 5.18. The Morgan fingerprint density at radius 1 is 0.667 bits per heavy atom. The van der Waals surface area contributed by atoms with Gasteiger partial charge in [-0.1, -0.05) is 97.9 Å². The van der Waals surface area contributed by atoms with E-state index in [1.54, 1.807) is 7.11 Å². The second kappa shape index (κ2) is 14.0. The van der Waals surface area contributed by atoms with Crippen LogP contribution in [0.25, 0.3) is 0 Å². The topological polar surface area (TPSA) is 46.2 Å². The van der Waals surface area contributed by atoms with Crippen LogP contribution in [-0.2, 0) is 43.5 Å². The van der Waals surface area contributed by atoms with Gasteiger partial charge in [-0.3, -0.25) is 0 Å². The molecule has 3 aromatic rings. The maximum atomic E-state index is 6.60. The zero-order valence-corrected chi connectivity index (χ0v) is 21.1. The molecule has 0 aliphatic carbocycles. The minimum Gasteiger partial charge on any atom is -0.487 e. The van der Waals surface area contributed by atoms with Crippen molar-refractivity contribution in [3.05, 3.63) is 120 Å². The molecule has 0 radical (unpaired) electrons. The average Bonchev–Trinajstić information content (AvgIpc) is 2.93. The summed E-state index contributed by atoms with van der Waals surface area (Å²) < 4.78 is 31.6. The van der Waals surface area contributed by atoms with Gasteiger partial charge < -0.3 is 23.7 Å². The summed E-state index contributed by atoms with van der Waals surface area (Å²) >= 11 is 0. The molecule has 4 rings (SSSR count). The molecule has 1 heterocycles. The molecule has 1 fully saturated rings. The van der Waals surface area contributed by atoms with Gasteiger partial charge in [0.25, 0.3) is 0 Å². The second-order valence-electron chi connectivity index (χ2n) is 8.87. The van der Waals surface area contributed by atoms with Gasteiger partial charge in [0.05, 0.1) is 26.4 Å². The van der Waals surface area contributed by atoms with E-state index in [1.165, 1.54) is 0 Å². The van der Waals surface area contributed by atoms with Crippen molar-refractivity contribution in [3.63, 3.8) is 0 Å². The third-order valence-corrected chi connectivity index (χ3v) is 6.14. The summed E-state index contributed by atoms with van der Waals surface area (Å²) in [4.78, 5) is 0. The first-order chi connectivity index (χ1) is 17.8. The fourth-order valence-corrected chi connectivity index (χ4v) is 4.37. The van der Waals surface area contributed by atoms with E-state index in [0.717, 1.165) is 28.9 Å². The standard InChI is InChI=1S/C31H36O5/c1-3-13-27-29(33-20-24-14-7-4-8-15-24)31(35-22-26-18-11-6-12-19-26)30(28(36-27)23-32-2)34-21-25-16-9-5-10-17-25/h4-19,28-31H,3,20-23H2,1-2H3/b27-13-/t28-,29-,30-,31-/m1/s1. The lowest BCUT2D eigenvalue weighted by Gasteiger charge is -2.43. The third-order valence-electron chi connectivity index (χ3n) is 6.14. The second-order valence-corrected chi connectivity index (χ2v) is 8.87. The molecule has 0 N–H and O–H groups in total. The Morgan fingerprint density at radius 2 is 1.14 bits per heavy atom. The highest BCUT2D eigenvalue weighted by Gasteiger charge is 2.46. The molecular formula is C31H36O5. The molecule has 5 nitrogen and oxygen atoms in total. The molecule has 0 aromatic heterocycles. The van der Waals surface area contributed by atoms with Crippen molar-refractivity contribution >= 4 is 0 Å². The van der Waals surface area contributed by atoms with Crippen LogP contribution in [0.2, 0.25) is 0 Å². The van der Waals surface area contributed by atoms with E-state index in [1.807, 2.05) is 54.6 Å². The van der Waals surface area contributed by atoms with Gasteiger partial charge in [0, 0.05) is 7.11 Å². The van der Waals surface area contributed by atoms with Gasteiger partial charge in [-0.25, -0.2) is 0 Å². The van der Waals surface area contributed by atoms with E-state index >= 15 is 0 Å². The van der Waals surface area contributed by atoms with Crippen LogP contribution in [0.3, 0.4) is 0 Å². The number of ether oxygens (including phenoxy) is 5. The lowest BCUT2D eigenvalue weighted by Crippen LogP contribution is -2.56. The summed E-state index contributed by atoms with van der Waals surface area (Å²) in [6, 6.07) is 30.5. The quantitative estimate of drug-likeness (QED) is 0.309. The molecule has 4 atom stereocenters. The van der Waals surface area contributed by atoms with Crippen LogP contribution in [0, 0.1) is 0 Å². The smallest absolute Gasteiger partial charge is 0.150 e. The molecule has 0 amide bonds. The summed E-state index contributed by atoms with van der Waals surface area (Å²) in [7, 11) is 1.68. The first-order valence-corrected chi connectivity index (χ1v) is 12.6. The number of hydrogen-bond donors (Lipinski definition) is 0. The number of rotatable bonds is 12. The number of methoxy groups -OCH3 is 1. The number of benzene rings is 3. The molecule has 36 heavy (non-hydrogen) atoms. The maximum Gasteiger partial charge on any atom is 0.150 e. The molecule has 5 heteroatoms. The molecule has 1 aliphatic rings. The van der Waals surface area contributed by atoms with Gasteiger partial charge in [0.15, 0.2) is 6.10 Å². The molecule has 190 valence electrons. The van der Waals surface area contributed by atoms with Gasteiger partial charge in [0.1, 0.15) is 24.1 Å². The zero-order valence-electron chi connectivity index (χ0n) is 21.1. The number of allylic oxidation sites excluding steroid dienone is 1. The minimum atomic E-state index is -0.414. The van der Waals surface area contributed by atoms with Crippen LogP contribution in [0.1, 0.15) is 30.0 Å². The molecule has 3 aromatic carbocycles. The number of hydrogen-bond acceptors (Lipinski definition) is 5. The predicted molar refractivity (Wildman–Crippen MR) is 140 cm³/mol. The summed E-state index contributed by atoms with van der Waals surface area (Å²) in [6.45, 7) is 3.81. The van der Waals surface area contributed by atoms with E-state index in [4.69, 9.17) is 23.7 Å². The molecule has 0 spiro atoms. The average molecular weight is 489 g/mol. The Balaban J connectivity index is 1.61. The van der Waals surface area contributed by atoms with E-state index < -0.39 is 6.10 Å². The first kappa shape index (κ1) is 26.1. The van der Waals surface area contributed by atoms with Crippen LogP contribution in [0.4, 0.5) is 0 Å². The van der Waals surface area contributed by atoms with Crippen molar-refractivity contribution in [1.82, 2.24) is 0 Å². The largest absolute Gasteiger partial charge is 0.487 e. The molecule has 1 saturated heterocycles. The van der Waals surface area contributed by atoms with Gasteiger partial charge in [0.2, 0.25) is 0 Å². The van der Waals surface area contributed by atoms with Gasteiger partial charge >= 0.3 is 0 Å². The summed E-state index contributed by atoms with van der Waals surface area (Å²) in [6.07, 6.45) is 1.38. The molecular weight excluding hydrogens is 452 g/mol. The highest BCUT2D eigenvalue weighted by atomic mass is 16.6. The van der Waals surface area contributed by atoms with Crippen molar-refractivity contribution < 1.29 is 23.7 Å². The Hall–Kier alpha value is -2.96. The fourth-order valence-electron chi connectivity index (χ4n) is 4.37. The van der Waals surface area contributed by atoms with Crippen molar-refractivity contribution in [1.29, 1.82) is 0 Å².